The van der Waals surface area contributed by atoms with Gasteiger partial charge in [0.1, 0.15) is 0 Å². The summed E-state index contributed by atoms with van der Waals surface area (Å²) in [6.45, 7) is 0.477. The minimum Gasteiger partial charge on any atom is -0.367 e. The molecule has 20 heavy (non-hydrogen) atoms. The van der Waals surface area contributed by atoms with Gasteiger partial charge in [-0.25, -0.2) is 0 Å². The van der Waals surface area contributed by atoms with Gasteiger partial charge in [0.2, 0.25) is 0 Å². The van der Waals surface area contributed by atoms with E-state index in [1.54, 1.807) is 0 Å². The third-order valence-electron chi connectivity index (χ3n) is 2.93. The maximum absolute atomic E-state index is 12.2. The molecule has 4 heteroatoms. The molecule has 0 saturated carbocycles. The number of carbonyl (C=O) groups excluding carboxylic acids is 1. The molecule has 2 aromatic rings. The van der Waals surface area contributed by atoms with Crippen molar-refractivity contribution >= 4 is 21.8 Å². The van der Waals surface area contributed by atoms with Gasteiger partial charge in [-0.15, -0.1) is 0 Å². The number of nitrogens with one attached hydrogen (secondary N) is 1. The maximum Gasteiger partial charge on any atom is 0.254 e. The highest BCUT2D eigenvalue weighted by Gasteiger charge is 2.19. The first-order valence-corrected chi connectivity index (χ1v) is 7.10. The summed E-state index contributed by atoms with van der Waals surface area (Å²) in [6, 6.07) is 17.3. The highest BCUT2D eigenvalue weighted by atomic mass is 79.9. The summed E-state index contributed by atoms with van der Waals surface area (Å²) in [6.07, 6.45) is -0.580. The molecule has 0 aliphatic heterocycles. The molecular formula is C16H16BrNO2. The van der Waals surface area contributed by atoms with Crippen LogP contribution in [-0.4, -0.2) is 13.0 Å². The lowest BCUT2D eigenvalue weighted by Crippen LogP contribution is -2.29. The summed E-state index contributed by atoms with van der Waals surface area (Å²) in [5, 5.41) is 2.89. The van der Waals surface area contributed by atoms with Crippen molar-refractivity contribution in [3.05, 3.63) is 70.2 Å². The number of amides is 1. The largest absolute Gasteiger partial charge is 0.367 e. The Balaban J connectivity index is 2.00. The van der Waals surface area contributed by atoms with Gasteiger partial charge >= 0.3 is 0 Å². The minimum absolute atomic E-state index is 0.140. The van der Waals surface area contributed by atoms with Gasteiger partial charge in [-0.2, -0.15) is 0 Å². The first-order chi connectivity index (χ1) is 9.70. The number of rotatable bonds is 5. The standard InChI is InChI=1S/C16H16BrNO2/c1-20-15(13-7-3-2-4-8-13)16(19)18-11-12-6-5-9-14(17)10-12/h2-10,15H,11H2,1H3,(H,18,19). The SMILES string of the molecule is COC(C(=O)NCc1cccc(Br)c1)c1ccccc1. The molecule has 0 aromatic heterocycles. The first kappa shape index (κ1) is 14.8. The van der Waals surface area contributed by atoms with E-state index in [1.165, 1.54) is 7.11 Å². The van der Waals surface area contributed by atoms with Gasteiger partial charge in [0, 0.05) is 18.1 Å². The molecule has 0 heterocycles. The van der Waals surface area contributed by atoms with E-state index in [9.17, 15) is 4.79 Å². The van der Waals surface area contributed by atoms with Crippen LogP contribution in [0.3, 0.4) is 0 Å². The van der Waals surface area contributed by atoms with Gasteiger partial charge in [0.25, 0.3) is 5.91 Å². The van der Waals surface area contributed by atoms with Crippen LogP contribution >= 0.6 is 15.9 Å². The summed E-state index contributed by atoms with van der Waals surface area (Å²) >= 11 is 3.41. The fraction of sp³-hybridized carbons (Fsp3) is 0.188. The Hall–Kier alpha value is -1.65. The van der Waals surface area contributed by atoms with Crippen molar-refractivity contribution in [2.24, 2.45) is 0 Å². The Morgan fingerprint density at radius 3 is 2.60 bits per heavy atom. The minimum atomic E-state index is -0.580. The molecule has 1 N–H and O–H groups in total. The molecule has 1 atom stereocenters. The van der Waals surface area contributed by atoms with E-state index in [1.807, 2.05) is 54.6 Å². The number of ether oxygens (including phenoxy) is 1. The van der Waals surface area contributed by atoms with E-state index in [0.29, 0.717) is 6.54 Å². The van der Waals surface area contributed by atoms with Gasteiger partial charge in [-0.3, -0.25) is 4.79 Å². The fourth-order valence-corrected chi connectivity index (χ4v) is 2.40. The second kappa shape index (κ2) is 7.22. The lowest BCUT2D eigenvalue weighted by Gasteiger charge is -2.15. The Bertz CT molecular complexity index is 572. The average Bonchev–Trinajstić information content (AvgIpc) is 2.47. The number of benzene rings is 2. The van der Waals surface area contributed by atoms with Crippen LogP contribution in [-0.2, 0) is 16.1 Å². The number of hydrogen-bond acceptors (Lipinski definition) is 2. The second-order valence-electron chi connectivity index (χ2n) is 4.37. The number of carbonyl (C=O) groups is 1. The Labute approximate surface area is 127 Å². The van der Waals surface area contributed by atoms with Crippen LogP contribution in [0, 0.1) is 0 Å². The molecule has 104 valence electrons. The molecule has 3 nitrogen and oxygen atoms in total. The van der Waals surface area contributed by atoms with Crippen molar-refractivity contribution in [1.29, 1.82) is 0 Å². The zero-order valence-corrected chi connectivity index (χ0v) is 12.8. The summed E-state index contributed by atoms with van der Waals surface area (Å²) in [7, 11) is 1.54. The van der Waals surface area contributed by atoms with Gasteiger partial charge < -0.3 is 10.1 Å². The summed E-state index contributed by atoms with van der Waals surface area (Å²) in [5.41, 5.74) is 1.89. The predicted octanol–water partition coefficient (Wildman–Crippen LogP) is 3.45. The van der Waals surface area contributed by atoms with E-state index in [0.717, 1.165) is 15.6 Å². The maximum atomic E-state index is 12.2. The molecule has 0 saturated heterocycles. The van der Waals surface area contributed by atoms with Gasteiger partial charge in [0.15, 0.2) is 6.10 Å². The van der Waals surface area contributed by atoms with Crippen LogP contribution in [0.15, 0.2) is 59.1 Å². The van der Waals surface area contributed by atoms with E-state index < -0.39 is 6.10 Å². The Kier molecular flexibility index (Phi) is 5.32. The summed E-state index contributed by atoms with van der Waals surface area (Å²) in [4.78, 5) is 12.2. The van der Waals surface area contributed by atoms with Crippen LogP contribution in [0.4, 0.5) is 0 Å². The second-order valence-corrected chi connectivity index (χ2v) is 5.29. The molecule has 0 radical (unpaired) electrons. The number of halogens is 1. The van der Waals surface area contributed by atoms with Crippen LogP contribution in [0.25, 0.3) is 0 Å². The monoisotopic (exact) mass is 333 g/mol. The molecule has 1 unspecified atom stereocenters. The number of hydrogen-bond donors (Lipinski definition) is 1. The van der Waals surface area contributed by atoms with E-state index in [4.69, 9.17) is 4.74 Å². The van der Waals surface area contributed by atoms with Gasteiger partial charge in [0.05, 0.1) is 0 Å². The normalized spacial score (nSPS) is 11.9. The van der Waals surface area contributed by atoms with Crippen molar-refractivity contribution in [2.45, 2.75) is 12.6 Å². The third-order valence-corrected chi connectivity index (χ3v) is 3.43. The van der Waals surface area contributed by atoms with Gasteiger partial charge in [-0.1, -0.05) is 58.4 Å². The molecule has 0 fully saturated rings. The molecule has 1 amide bonds. The molecular weight excluding hydrogens is 318 g/mol. The zero-order valence-electron chi connectivity index (χ0n) is 11.2. The Morgan fingerprint density at radius 2 is 1.95 bits per heavy atom. The lowest BCUT2D eigenvalue weighted by atomic mass is 10.1. The highest BCUT2D eigenvalue weighted by Crippen LogP contribution is 2.17. The molecule has 0 aliphatic carbocycles. The van der Waals surface area contributed by atoms with Crippen LogP contribution in [0.5, 0.6) is 0 Å². The van der Waals surface area contributed by atoms with Crippen molar-refractivity contribution in [3.63, 3.8) is 0 Å². The Morgan fingerprint density at radius 1 is 1.20 bits per heavy atom. The first-order valence-electron chi connectivity index (χ1n) is 6.30. The van der Waals surface area contributed by atoms with Crippen LogP contribution in [0.2, 0.25) is 0 Å². The van der Waals surface area contributed by atoms with E-state index in [2.05, 4.69) is 21.2 Å². The molecule has 2 rings (SSSR count). The molecule has 0 spiro atoms. The smallest absolute Gasteiger partial charge is 0.254 e. The van der Waals surface area contributed by atoms with Crippen LogP contribution < -0.4 is 5.32 Å². The lowest BCUT2D eigenvalue weighted by molar-refractivity contribution is -0.131. The van der Waals surface area contributed by atoms with E-state index in [-0.39, 0.29) is 5.91 Å². The van der Waals surface area contributed by atoms with Crippen molar-refractivity contribution < 1.29 is 9.53 Å². The summed E-state index contributed by atoms with van der Waals surface area (Å²) in [5.74, 6) is -0.140. The van der Waals surface area contributed by atoms with Crippen molar-refractivity contribution in [2.75, 3.05) is 7.11 Å². The van der Waals surface area contributed by atoms with Crippen LogP contribution in [0.1, 0.15) is 17.2 Å². The van der Waals surface area contributed by atoms with Crippen molar-refractivity contribution in [1.82, 2.24) is 5.32 Å². The quantitative estimate of drug-likeness (QED) is 0.909. The average molecular weight is 334 g/mol. The summed E-state index contributed by atoms with van der Waals surface area (Å²) < 4.78 is 6.28. The molecule has 2 aromatic carbocycles. The zero-order chi connectivity index (χ0) is 14.4. The molecule has 0 bridgehead atoms. The molecule has 0 aliphatic rings. The van der Waals surface area contributed by atoms with Crippen molar-refractivity contribution in [3.8, 4) is 0 Å². The predicted molar refractivity (Wildman–Crippen MR) is 82.2 cm³/mol. The fourth-order valence-electron chi connectivity index (χ4n) is 1.95. The topological polar surface area (TPSA) is 38.3 Å². The van der Waals surface area contributed by atoms with Gasteiger partial charge in [-0.05, 0) is 23.3 Å². The highest BCUT2D eigenvalue weighted by molar-refractivity contribution is 9.10. The third kappa shape index (κ3) is 3.92. The number of methoxy groups -OCH3 is 1. The van der Waals surface area contributed by atoms with E-state index >= 15 is 0 Å².